The van der Waals surface area contributed by atoms with Gasteiger partial charge in [-0.15, -0.1) is 0 Å². The molecular formula is C20H23FN4O2. The third-order valence-corrected chi connectivity index (χ3v) is 5.83. The second-order valence-electron chi connectivity index (χ2n) is 7.21. The van der Waals surface area contributed by atoms with Crippen LogP contribution in [0.2, 0.25) is 0 Å². The minimum atomic E-state index is -0.444. The summed E-state index contributed by atoms with van der Waals surface area (Å²) in [6, 6.07) is 5.64. The molecule has 1 aromatic heterocycles. The minimum Gasteiger partial charge on any atom is -0.348 e. The van der Waals surface area contributed by atoms with Crippen molar-refractivity contribution < 1.29 is 14.0 Å². The van der Waals surface area contributed by atoms with E-state index in [1.54, 1.807) is 11.2 Å². The van der Waals surface area contributed by atoms with Crippen LogP contribution >= 0.6 is 0 Å². The first-order valence-electron chi connectivity index (χ1n) is 9.43. The average Bonchev–Trinajstić information content (AvgIpc) is 3.18. The Morgan fingerprint density at radius 1 is 1.19 bits per heavy atom. The summed E-state index contributed by atoms with van der Waals surface area (Å²) in [6.07, 6.45) is 4.25. The lowest BCUT2D eigenvalue weighted by Gasteiger charge is -2.50. The number of likely N-dealkylation sites (tertiary alicyclic amines) is 1. The number of nitrogens with one attached hydrogen (secondary N) is 1. The number of carbonyl (C=O) groups is 2. The molecule has 0 saturated carbocycles. The van der Waals surface area contributed by atoms with E-state index >= 15 is 0 Å². The molecule has 1 spiro atoms. The first kappa shape index (κ1) is 17.7. The molecule has 4 rings (SSSR count). The Balaban J connectivity index is 1.58. The van der Waals surface area contributed by atoms with E-state index in [4.69, 9.17) is 0 Å². The fourth-order valence-electron chi connectivity index (χ4n) is 4.39. The number of H-pyrrole nitrogens is 1. The van der Waals surface area contributed by atoms with Crippen molar-refractivity contribution in [3.63, 3.8) is 0 Å². The number of piperidine rings is 1. The molecule has 6 nitrogen and oxygen atoms in total. The van der Waals surface area contributed by atoms with E-state index in [1.807, 2.05) is 11.8 Å². The summed E-state index contributed by atoms with van der Waals surface area (Å²) in [7, 11) is 0. The van der Waals surface area contributed by atoms with Gasteiger partial charge >= 0.3 is 0 Å². The van der Waals surface area contributed by atoms with Gasteiger partial charge in [-0.25, -0.2) is 9.37 Å². The predicted molar refractivity (Wildman–Crippen MR) is 97.5 cm³/mol. The quantitative estimate of drug-likeness (QED) is 0.883. The molecule has 2 aromatic rings. The molecule has 3 heterocycles. The third-order valence-electron chi connectivity index (χ3n) is 5.83. The van der Waals surface area contributed by atoms with Gasteiger partial charge in [0.15, 0.2) is 0 Å². The molecular weight excluding hydrogens is 347 g/mol. The SMILES string of the molecule is CCC(=O)N1CCc2[nH]cnc2C12CCN(C(=O)c1ccc(F)cc1)CC2. The van der Waals surface area contributed by atoms with Gasteiger partial charge < -0.3 is 14.8 Å². The van der Waals surface area contributed by atoms with E-state index in [0.717, 1.165) is 17.8 Å². The first-order valence-corrected chi connectivity index (χ1v) is 9.43. The first-order chi connectivity index (χ1) is 13.0. The lowest BCUT2D eigenvalue weighted by molar-refractivity contribution is -0.141. The van der Waals surface area contributed by atoms with E-state index < -0.39 is 5.54 Å². The largest absolute Gasteiger partial charge is 0.348 e. The molecule has 1 N–H and O–H groups in total. The van der Waals surface area contributed by atoms with Crippen molar-refractivity contribution in [1.82, 2.24) is 19.8 Å². The second-order valence-corrected chi connectivity index (χ2v) is 7.21. The summed E-state index contributed by atoms with van der Waals surface area (Å²) >= 11 is 0. The van der Waals surface area contributed by atoms with Crippen molar-refractivity contribution in [3.8, 4) is 0 Å². The zero-order valence-electron chi connectivity index (χ0n) is 15.4. The highest BCUT2D eigenvalue weighted by Crippen LogP contribution is 2.42. The molecule has 1 saturated heterocycles. The van der Waals surface area contributed by atoms with Crippen LogP contribution in [0.3, 0.4) is 0 Å². The fourth-order valence-corrected chi connectivity index (χ4v) is 4.39. The second kappa shape index (κ2) is 6.79. The van der Waals surface area contributed by atoms with Gasteiger partial charge in [0.1, 0.15) is 5.82 Å². The van der Waals surface area contributed by atoms with E-state index in [-0.39, 0.29) is 17.6 Å². The summed E-state index contributed by atoms with van der Waals surface area (Å²) < 4.78 is 13.1. The number of hydrogen-bond acceptors (Lipinski definition) is 3. The van der Waals surface area contributed by atoms with Crippen LogP contribution in [-0.4, -0.2) is 51.2 Å². The molecule has 142 valence electrons. The molecule has 7 heteroatoms. The summed E-state index contributed by atoms with van der Waals surface area (Å²) in [5.74, 6) is -0.329. The zero-order chi connectivity index (χ0) is 19.0. The number of halogens is 1. The Hall–Kier alpha value is -2.70. The molecule has 0 atom stereocenters. The van der Waals surface area contributed by atoms with E-state index in [2.05, 4.69) is 9.97 Å². The Labute approximate surface area is 157 Å². The van der Waals surface area contributed by atoms with Crippen molar-refractivity contribution in [1.29, 1.82) is 0 Å². The fraction of sp³-hybridized carbons (Fsp3) is 0.450. The molecule has 0 bridgehead atoms. The number of amides is 2. The van der Waals surface area contributed by atoms with Gasteiger partial charge in [-0.3, -0.25) is 9.59 Å². The number of fused-ring (bicyclic) bond motifs is 2. The Kier molecular flexibility index (Phi) is 4.45. The summed E-state index contributed by atoms with van der Waals surface area (Å²) in [5, 5.41) is 0. The van der Waals surface area contributed by atoms with E-state index in [1.165, 1.54) is 24.3 Å². The molecule has 1 fully saturated rings. The van der Waals surface area contributed by atoms with E-state index in [9.17, 15) is 14.0 Å². The molecule has 2 aliphatic heterocycles. The van der Waals surface area contributed by atoms with Crippen molar-refractivity contribution in [2.24, 2.45) is 0 Å². The predicted octanol–water partition coefficient (Wildman–Crippen LogP) is 2.48. The maximum atomic E-state index is 13.1. The number of hydrogen-bond donors (Lipinski definition) is 1. The van der Waals surface area contributed by atoms with Crippen LogP contribution < -0.4 is 0 Å². The molecule has 2 aliphatic rings. The minimum absolute atomic E-state index is 0.101. The highest BCUT2D eigenvalue weighted by Gasteiger charge is 2.48. The average molecular weight is 370 g/mol. The van der Waals surface area contributed by atoms with Crippen LogP contribution in [0, 0.1) is 5.82 Å². The topological polar surface area (TPSA) is 69.3 Å². The summed E-state index contributed by atoms with van der Waals surface area (Å²) in [4.78, 5) is 36.9. The Morgan fingerprint density at radius 2 is 1.89 bits per heavy atom. The number of aromatic amines is 1. The smallest absolute Gasteiger partial charge is 0.253 e. The van der Waals surface area contributed by atoms with E-state index in [0.29, 0.717) is 44.5 Å². The number of benzene rings is 1. The van der Waals surface area contributed by atoms with Crippen LogP contribution in [0.25, 0.3) is 0 Å². The normalized spacial score (nSPS) is 18.4. The van der Waals surface area contributed by atoms with Gasteiger partial charge in [-0.05, 0) is 37.1 Å². The summed E-state index contributed by atoms with van der Waals surface area (Å²) in [5.41, 5.74) is 2.08. The van der Waals surface area contributed by atoms with Gasteiger partial charge in [-0.1, -0.05) is 6.92 Å². The maximum Gasteiger partial charge on any atom is 0.253 e. The Morgan fingerprint density at radius 3 is 2.56 bits per heavy atom. The van der Waals surface area contributed by atoms with Crippen LogP contribution in [-0.2, 0) is 16.8 Å². The van der Waals surface area contributed by atoms with Crippen LogP contribution in [0.1, 0.15) is 47.9 Å². The molecule has 2 amide bonds. The van der Waals surface area contributed by atoms with Gasteiger partial charge in [0, 0.05) is 43.7 Å². The van der Waals surface area contributed by atoms with Gasteiger partial charge in [0.2, 0.25) is 5.91 Å². The summed E-state index contributed by atoms with van der Waals surface area (Å²) in [6.45, 7) is 3.63. The van der Waals surface area contributed by atoms with Crippen molar-refractivity contribution in [2.75, 3.05) is 19.6 Å². The van der Waals surface area contributed by atoms with Crippen molar-refractivity contribution in [2.45, 2.75) is 38.1 Å². The number of aromatic nitrogens is 2. The molecule has 1 aromatic carbocycles. The molecule has 0 radical (unpaired) electrons. The number of imidazole rings is 1. The highest BCUT2D eigenvalue weighted by atomic mass is 19.1. The zero-order valence-corrected chi connectivity index (χ0v) is 15.4. The number of nitrogens with zero attached hydrogens (tertiary/aromatic N) is 3. The van der Waals surface area contributed by atoms with Gasteiger partial charge in [0.05, 0.1) is 17.6 Å². The van der Waals surface area contributed by atoms with Crippen LogP contribution in [0.15, 0.2) is 30.6 Å². The number of carbonyl (C=O) groups excluding carboxylic acids is 2. The molecule has 0 unspecified atom stereocenters. The third kappa shape index (κ3) is 2.91. The van der Waals surface area contributed by atoms with Gasteiger partial charge in [0.25, 0.3) is 5.91 Å². The lowest BCUT2D eigenvalue weighted by atomic mass is 9.78. The van der Waals surface area contributed by atoms with Crippen molar-refractivity contribution >= 4 is 11.8 Å². The standard InChI is InChI=1S/C20H23FN4O2/c1-2-17(26)25-10-7-16-18(23-13-22-16)20(25)8-11-24(12-9-20)19(27)14-3-5-15(21)6-4-14/h3-6,13H,2,7-12H2,1H3,(H,22,23). The van der Waals surface area contributed by atoms with Gasteiger partial charge in [-0.2, -0.15) is 0 Å². The van der Waals surface area contributed by atoms with Crippen LogP contribution in [0.5, 0.6) is 0 Å². The molecule has 0 aliphatic carbocycles. The Bertz CT molecular complexity index is 853. The maximum absolute atomic E-state index is 13.1. The number of rotatable bonds is 2. The monoisotopic (exact) mass is 370 g/mol. The van der Waals surface area contributed by atoms with Crippen LogP contribution in [0.4, 0.5) is 4.39 Å². The van der Waals surface area contributed by atoms with Crippen molar-refractivity contribution in [3.05, 3.63) is 53.4 Å². The highest BCUT2D eigenvalue weighted by molar-refractivity contribution is 5.94. The lowest BCUT2D eigenvalue weighted by Crippen LogP contribution is -2.58. The molecule has 27 heavy (non-hydrogen) atoms.